The first-order valence-electron chi connectivity index (χ1n) is 6.88. The lowest BCUT2D eigenvalue weighted by Crippen LogP contribution is -2.53. The first-order chi connectivity index (χ1) is 9.58. The summed E-state index contributed by atoms with van der Waals surface area (Å²) >= 11 is 0. The van der Waals surface area contributed by atoms with E-state index in [1.54, 1.807) is 0 Å². The van der Waals surface area contributed by atoms with Crippen LogP contribution in [-0.2, 0) is 16.0 Å². The number of aryl methyl sites for hydroxylation is 1. The highest BCUT2D eigenvalue weighted by atomic mass is 16.3. The van der Waals surface area contributed by atoms with Crippen LogP contribution in [0.2, 0.25) is 0 Å². The maximum absolute atomic E-state index is 12.2. The molecule has 2 unspecified atom stereocenters. The van der Waals surface area contributed by atoms with Crippen LogP contribution in [0.1, 0.15) is 24.8 Å². The molecule has 0 saturated carbocycles. The average Bonchev–Trinajstić information content (AvgIpc) is 2.45. The Morgan fingerprint density at radius 2 is 2.00 bits per heavy atom. The second-order valence-electron chi connectivity index (χ2n) is 5.17. The van der Waals surface area contributed by atoms with Crippen LogP contribution < -0.4 is 5.73 Å². The van der Waals surface area contributed by atoms with Crippen molar-refractivity contribution < 1.29 is 14.7 Å². The maximum atomic E-state index is 12.2. The van der Waals surface area contributed by atoms with Crippen molar-refractivity contribution in [2.75, 3.05) is 6.54 Å². The Morgan fingerprint density at radius 1 is 1.30 bits per heavy atom. The van der Waals surface area contributed by atoms with Crippen molar-refractivity contribution in [3.05, 3.63) is 35.9 Å². The summed E-state index contributed by atoms with van der Waals surface area (Å²) in [6.07, 6.45) is 1.19. The molecule has 1 saturated heterocycles. The largest absolute Gasteiger partial charge is 0.393 e. The summed E-state index contributed by atoms with van der Waals surface area (Å²) < 4.78 is 0. The van der Waals surface area contributed by atoms with E-state index in [-0.39, 0.29) is 12.3 Å². The Bertz CT molecular complexity index is 475. The number of nitrogens with two attached hydrogens (primary N) is 1. The number of carbonyl (C=O) groups excluding carboxylic acids is 2. The molecule has 1 aliphatic rings. The summed E-state index contributed by atoms with van der Waals surface area (Å²) in [6, 6.07) is 9.06. The Balaban J connectivity index is 1.95. The SMILES string of the molecule is NC(=O)C1CC(O)CCN1C(=O)CCc1ccccc1. The Labute approximate surface area is 118 Å². The van der Waals surface area contributed by atoms with Gasteiger partial charge in [-0.2, -0.15) is 0 Å². The molecular weight excluding hydrogens is 256 g/mol. The van der Waals surface area contributed by atoms with E-state index in [2.05, 4.69) is 0 Å². The minimum Gasteiger partial charge on any atom is -0.393 e. The summed E-state index contributed by atoms with van der Waals surface area (Å²) in [6.45, 7) is 0.391. The number of benzene rings is 1. The number of amides is 2. The fourth-order valence-corrected chi connectivity index (χ4v) is 2.55. The van der Waals surface area contributed by atoms with Crippen LogP contribution >= 0.6 is 0 Å². The molecule has 108 valence electrons. The zero-order chi connectivity index (χ0) is 14.5. The second kappa shape index (κ2) is 6.52. The van der Waals surface area contributed by atoms with E-state index in [0.29, 0.717) is 25.8 Å². The molecule has 5 heteroatoms. The fraction of sp³-hybridized carbons (Fsp3) is 0.467. The summed E-state index contributed by atoms with van der Waals surface area (Å²) in [4.78, 5) is 25.1. The number of rotatable bonds is 4. The summed E-state index contributed by atoms with van der Waals surface area (Å²) in [5.74, 6) is -0.624. The molecule has 0 spiro atoms. The molecule has 1 heterocycles. The van der Waals surface area contributed by atoms with Gasteiger partial charge in [0.1, 0.15) is 6.04 Å². The van der Waals surface area contributed by atoms with Crippen molar-refractivity contribution in [3.8, 4) is 0 Å². The zero-order valence-corrected chi connectivity index (χ0v) is 11.4. The minimum atomic E-state index is -0.679. The monoisotopic (exact) mass is 276 g/mol. The molecule has 20 heavy (non-hydrogen) atoms. The highest BCUT2D eigenvalue weighted by Gasteiger charge is 2.33. The topological polar surface area (TPSA) is 83.6 Å². The van der Waals surface area contributed by atoms with Crippen molar-refractivity contribution in [1.29, 1.82) is 0 Å². The summed E-state index contributed by atoms with van der Waals surface area (Å²) in [5, 5.41) is 9.59. The number of primary amides is 1. The van der Waals surface area contributed by atoms with Crippen LogP contribution in [-0.4, -0.2) is 40.5 Å². The van der Waals surface area contributed by atoms with Gasteiger partial charge in [-0.3, -0.25) is 9.59 Å². The molecule has 1 aliphatic heterocycles. The smallest absolute Gasteiger partial charge is 0.240 e. The number of aliphatic hydroxyl groups is 1. The molecule has 2 atom stereocenters. The van der Waals surface area contributed by atoms with E-state index in [1.807, 2.05) is 30.3 Å². The average molecular weight is 276 g/mol. The standard InChI is InChI=1S/C15H20N2O3/c16-15(20)13-10-12(18)8-9-17(13)14(19)7-6-11-4-2-1-3-5-11/h1-5,12-13,18H,6-10H2,(H2,16,20). The van der Waals surface area contributed by atoms with Gasteiger partial charge >= 0.3 is 0 Å². The normalized spacial score (nSPS) is 22.6. The van der Waals surface area contributed by atoms with Crippen LogP contribution in [0.15, 0.2) is 30.3 Å². The number of nitrogens with zero attached hydrogens (tertiary/aromatic N) is 1. The number of carbonyl (C=O) groups is 2. The van der Waals surface area contributed by atoms with Crippen molar-refractivity contribution in [3.63, 3.8) is 0 Å². The third-order valence-electron chi connectivity index (χ3n) is 3.69. The quantitative estimate of drug-likeness (QED) is 0.838. The van der Waals surface area contributed by atoms with Gasteiger partial charge in [-0.1, -0.05) is 30.3 Å². The third-order valence-corrected chi connectivity index (χ3v) is 3.69. The van der Waals surface area contributed by atoms with E-state index in [9.17, 15) is 14.7 Å². The third kappa shape index (κ3) is 3.57. The van der Waals surface area contributed by atoms with Crippen LogP contribution in [0.3, 0.4) is 0 Å². The van der Waals surface area contributed by atoms with Crippen molar-refractivity contribution in [2.45, 2.75) is 37.8 Å². The van der Waals surface area contributed by atoms with Gasteiger partial charge in [-0.05, 0) is 18.4 Å². The molecule has 0 radical (unpaired) electrons. The Kier molecular flexibility index (Phi) is 4.74. The number of hydrogen-bond acceptors (Lipinski definition) is 3. The van der Waals surface area contributed by atoms with Gasteiger partial charge in [-0.15, -0.1) is 0 Å². The number of aliphatic hydroxyl groups excluding tert-OH is 1. The molecule has 0 aliphatic carbocycles. The fourth-order valence-electron chi connectivity index (χ4n) is 2.55. The lowest BCUT2D eigenvalue weighted by molar-refractivity contribution is -0.143. The molecule has 0 bridgehead atoms. The molecule has 1 aromatic rings. The predicted octanol–water partition coefficient (Wildman–Crippen LogP) is 0.456. The Morgan fingerprint density at radius 3 is 2.65 bits per heavy atom. The van der Waals surface area contributed by atoms with E-state index in [1.165, 1.54) is 4.90 Å². The van der Waals surface area contributed by atoms with Gasteiger partial charge in [0, 0.05) is 19.4 Å². The van der Waals surface area contributed by atoms with E-state index >= 15 is 0 Å². The van der Waals surface area contributed by atoms with Crippen LogP contribution in [0.5, 0.6) is 0 Å². The zero-order valence-electron chi connectivity index (χ0n) is 11.4. The Hall–Kier alpha value is -1.88. The predicted molar refractivity (Wildman–Crippen MR) is 74.7 cm³/mol. The maximum Gasteiger partial charge on any atom is 0.240 e. The van der Waals surface area contributed by atoms with Gasteiger partial charge in [0.25, 0.3) is 0 Å². The summed E-state index contributed by atoms with van der Waals surface area (Å²) in [5.41, 5.74) is 6.41. The highest BCUT2D eigenvalue weighted by molar-refractivity contribution is 5.87. The minimum absolute atomic E-state index is 0.0791. The van der Waals surface area contributed by atoms with E-state index in [4.69, 9.17) is 5.73 Å². The number of piperidine rings is 1. The van der Waals surface area contributed by atoms with Crippen LogP contribution in [0.4, 0.5) is 0 Å². The molecular formula is C15H20N2O3. The lowest BCUT2D eigenvalue weighted by Gasteiger charge is -2.36. The van der Waals surface area contributed by atoms with E-state index < -0.39 is 18.1 Å². The van der Waals surface area contributed by atoms with Crippen LogP contribution in [0, 0.1) is 0 Å². The highest BCUT2D eigenvalue weighted by Crippen LogP contribution is 2.19. The van der Waals surface area contributed by atoms with Gasteiger partial charge in [0.05, 0.1) is 6.10 Å². The summed E-state index contributed by atoms with van der Waals surface area (Å²) in [7, 11) is 0. The van der Waals surface area contributed by atoms with Gasteiger partial charge in [0.15, 0.2) is 0 Å². The molecule has 2 amide bonds. The van der Waals surface area contributed by atoms with Crippen molar-refractivity contribution in [2.24, 2.45) is 5.73 Å². The molecule has 5 nitrogen and oxygen atoms in total. The molecule has 2 rings (SSSR count). The first-order valence-corrected chi connectivity index (χ1v) is 6.88. The van der Waals surface area contributed by atoms with Gasteiger partial charge in [-0.25, -0.2) is 0 Å². The second-order valence-corrected chi connectivity index (χ2v) is 5.17. The molecule has 3 N–H and O–H groups in total. The van der Waals surface area contributed by atoms with Crippen molar-refractivity contribution >= 4 is 11.8 Å². The first kappa shape index (κ1) is 14.5. The molecule has 0 aromatic heterocycles. The van der Waals surface area contributed by atoms with Gasteiger partial charge < -0.3 is 15.7 Å². The van der Waals surface area contributed by atoms with Gasteiger partial charge in [0.2, 0.25) is 11.8 Å². The number of hydrogen-bond donors (Lipinski definition) is 2. The van der Waals surface area contributed by atoms with E-state index in [0.717, 1.165) is 5.56 Å². The molecule has 1 aromatic carbocycles. The number of likely N-dealkylation sites (tertiary alicyclic amines) is 1. The molecule has 1 fully saturated rings. The lowest BCUT2D eigenvalue weighted by atomic mass is 9.98. The van der Waals surface area contributed by atoms with Crippen LogP contribution in [0.25, 0.3) is 0 Å². The van der Waals surface area contributed by atoms with Crippen molar-refractivity contribution in [1.82, 2.24) is 4.90 Å².